The van der Waals surface area contributed by atoms with Crippen LogP contribution in [0, 0.1) is 0 Å². The van der Waals surface area contributed by atoms with Crippen molar-refractivity contribution in [1.82, 2.24) is 9.88 Å². The molecule has 2 aromatic rings. The van der Waals surface area contributed by atoms with Gasteiger partial charge in [-0.05, 0) is 42.7 Å². The van der Waals surface area contributed by atoms with Crippen LogP contribution in [-0.4, -0.2) is 29.4 Å². The van der Waals surface area contributed by atoms with Gasteiger partial charge in [0.25, 0.3) is 5.91 Å². The van der Waals surface area contributed by atoms with E-state index in [2.05, 4.69) is 4.98 Å². The summed E-state index contributed by atoms with van der Waals surface area (Å²) in [5.74, 6) is 0.919. The van der Waals surface area contributed by atoms with Crippen LogP contribution in [-0.2, 0) is 0 Å². The number of nitrogens with one attached hydrogen (secondary N) is 1. The van der Waals surface area contributed by atoms with Crippen molar-refractivity contribution in [2.45, 2.75) is 18.9 Å². The number of methoxy groups -OCH3 is 1. The second-order valence-corrected chi connectivity index (χ2v) is 5.01. The summed E-state index contributed by atoms with van der Waals surface area (Å²) in [6.07, 6.45) is 3.84. The highest BCUT2D eigenvalue weighted by Crippen LogP contribution is 2.33. The van der Waals surface area contributed by atoms with Crippen molar-refractivity contribution in [2.75, 3.05) is 13.7 Å². The smallest absolute Gasteiger partial charge is 0.270 e. The molecule has 4 nitrogen and oxygen atoms in total. The number of benzene rings is 1. The van der Waals surface area contributed by atoms with Crippen LogP contribution < -0.4 is 4.74 Å². The predicted octanol–water partition coefficient (Wildman–Crippen LogP) is 3.00. The molecular weight excluding hydrogens is 252 g/mol. The van der Waals surface area contributed by atoms with Crippen LogP contribution in [0.3, 0.4) is 0 Å². The number of nitrogens with zero attached hydrogens (tertiary/aromatic N) is 1. The summed E-state index contributed by atoms with van der Waals surface area (Å²) in [6.45, 7) is 0.814. The number of ether oxygens (including phenoxy) is 1. The molecule has 1 atom stereocenters. The number of carbonyl (C=O) groups is 1. The summed E-state index contributed by atoms with van der Waals surface area (Å²) in [7, 11) is 1.66. The Morgan fingerprint density at radius 1 is 1.30 bits per heavy atom. The van der Waals surface area contributed by atoms with Gasteiger partial charge < -0.3 is 14.6 Å². The Balaban J connectivity index is 1.83. The van der Waals surface area contributed by atoms with Gasteiger partial charge in [-0.15, -0.1) is 0 Å². The minimum Gasteiger partial charge on any atom is -0.497 e. The summed E-state index contributed by atoms with van der Waals surface area (Å²) in [6, 6.07) is 11.8. The second-order valence-electron chi connectivity index (χ2n) is 5.01. The summed E-state index contributed by atoms with van der Waals surface area (Å²) in [5, 5.41) is 0. The molecule has 0 saturated carbocycles. The van der Waals surface area contributed by atoms with Gasteiger partial charge in [0.2, 0.25) is 0 Å². The van der Waals surface area contributed by atoms with Gasteiger partial charge in [-0.3, -0.25) is 4.79 Å². The largest absolute Gasteiger partial charge is 0.497 e. The number of H-pyrrole nitrogens is 1. The van der Waals surface area contributed by atoms with E-state index in [0.29, 0.717) is 5.69 Å². The Bertz CT molecular complexity index is 575. The molecule has 0 aliphatic carbocycles. The lowest BCUT2D eigenvalue weighted by atomic mass is 10.0. The lowest BCUT2D eigenvalue weighted by Gasteiger charge is -2.24. The zero-order valence-corrected chi connectivity index (χ0v) is 11.5. The Labute approximate surface area is 118 Å². The number of carbonyl (C=O) groups excluding carboxylic acids is 1. The first-order chi connectivity index (χ1) is 9.79. The van der Waals surface area contributed by atoms with E-state index >= 15 is 0 Å². The number of hydrogen-bond donors (Lipinski definition) is 1. The number of hydrogen-bond acceptors (Lipinski definition) is 2. The molecule has 0 bridgehead atoms. The van der Waals surface area contributed by atoms with Gasteiger partial charge >= 0.3 is 0 Å². The van der Waals surface area contributed by atoms with Gasteiger partial charge in [-0.25, -0.2) is 0 Å². The van der Waals surface area contributed by atoms with Crippen molar-refractivity contribution in [2.24, 2.45) is 0 Å². The fourth-order valence-electron chi connectivity index (χ4n) is 2.80. The molecule has 3 rings (SSSR count). The molecule has 2 heterocycles. The van der Waals surface area contributed by atoms with Gasteiger partial charge in [-0.1, -0.05) is 12.1 Å². The van der Waals surface area contributed by atoms with Crippen molar-refractivity contribution < 1.29 is 9.53 Å². The summed E-state index contributed by atoms with van der Waals surface area (Å²) < 4.78 is 5.18. The topological polar surface area (TPSA) is 45.3 Å². The SMILES string of the molecule is COc1ccc(C2CCCN2C(=O)c2ccc[nH]2)cc1. The van der Waals surface area contributed by atoms with Crippen LogP contribution in [0.25, 0.3) is 0 Å². The van der Waals surface area contributed by atoms with E-state index in [9.17, 15) is 4.79 Å². The lowest BCUT2D eigenvalue weighted by Crippen LogP contribution is -2.30. The molecule has 1 aromatic heterocycles. The number of aromatic amines is 1. The Kier molecular flexibility index (Phi) is 3.46. The minimum absolute atomic E-state index is 0.0771. The Morgan fingerprint density at radius 3 is 2.75 bits per heavy atom. The Morgan fingerprint density at radius 2 is 2.10 bits per heavy atom. The third-order valence-electron chi connectivity index (χ3n) is 3.84. The number of aromatic nitrogens is 1. The summed E-state index contributed by atoms with van der Waals surface area (Å²) in [5.41, 5.74) is 1.83. The van der Waals surface area contributed by atoms with Gasteiger partial charge in [0.05, 0.1) is 13.2 Å². The van der Waals surface area contributed by atoms with Gasteiger partial charge in [0, 0.05) is 12.7 Å². The number of amides is 1. The predicted molar refractivity (Wildman–Crippen MR) is 76.8 cm³/mol. The van der Waals surface area contributed by atoms with E-state index in [1.54, 1.807) is 13.3 Å². The van der Waals surface area contributed by atoms with Crippen LogP contribution in [0.1, 0.15) is 34.9 Å². The van der Waals surface area contributed by atoms with Crippen LogP contribution in [0.2, 0.25) is 0 Å². The first kappa shape index (κ1) is 12.8. The van der Waals surface area contributed by atoms with E-state index in [4.69, 9.17) is 4.74 Å². The van der Waals surface area contributed by atoms with E-state index in [0.717, 1.165) is 25.1 Å². The first-order valence-corrected chi connectivity index (χ1v) is 6.88. The maximum Gasteiger partial charge on any atom is 0.270 e. The fourth-order valence-corrected chi connectivity index (χ4v) is 2.80. The van der Waals surface area contributed by atoms with Crippen molar-refractivity contribution in [3.63, 3.8) is 0 Å². The van der Waals surface area contributed by atoms with Crippen LogP contribution in [0.15, 0.2) is 42.6 Å². The highest BCUT2D eigenvalue weighted by molar-refractivity contribution is 5.92. The average Bonchev–Trinajstić information content (AvgIpc) is 3.18. The van der Waals surface area contributed by atoms with Crippen molar-refractivity contribution in [3.05, 3.63) is 53.9 Å². The third kappa shape index (κ3) is 2.29. The maximum absolute atomic E-state index is 12.5. The summed E-state index contributed by atoms with van der Waals surface area (Å²) >= 11 is 0. The van der Waals surface area contributed by atoms with Gasteiger partial charge in [0.1, 0.15) is 11.4 Å². The molecule has 1 unspecified atom stereocenters. The molecule has 0 spiro atoms. The van der Waals surface area contributed by atoms with E-state index in [1.165, 1.54) is 5.56 Å². The maximum atomic E-state index is 12.5. The normalized spacial score (nSPS) is 18.2. The number of rotatable bonds is 3. The molecule has 1 aromatic carbocycles. The molecule has 20 heavy (non-hydrogen) atoms. The highest BCUT2D eigenvalue weighted by atomic mass is 16.5. The second kappa shape index (κ2) is 5.41. The zero-order chi connectivity index (χ0) is 13.9. The first-order valence-electron chi connectivity index (χ1n) is 6.88. The third-order valence-corrected chi connectivity index (χ3v) is 3.84. The van der Waals surface area contributed by atoms with Gasteiger partial charge in [0.15, 0.2) is 0 Å². The quantitative estimate of drug-likeness (QED) is 0.932. The number of likely N-dealkylation sites (tertiary alicyclic amines) is 1. The summed E-state index contributed by atoms with van der Waals surface area (Å²) in [4.78, 5) is 17.4. The molecule has 1 fully saturated rings. The molecule has 4 heteroatoms. The van der Waals surface area contributed by atoms with E-state index in [1.807, 2.05) is 41.3 Å². The van der Waals surface area contributed by atoms with Crippen molar-refractivity contribution >= 4 is 5.91 Å². The van der Waals surface area contributed by atoms with Crippen LogP contribution in [0.5, 0.6) is 5.75 Å². The molecule has 1 N–H and O–H groups in total. The monoisotopic (exact) mass is 270 g/mol. The molecule has 1 aliphatic rings. The average molecular weight is 270 g/mol. The van der Waals surface area contributed by atoms with E-state index < -0.39 is 0 Å². The highest BCUT2D eigenvalue weighted by Gasteiger charge is 2.30. The Hall–Kier alpha value is -2.23. The van der Waals surface area contributed by atoms with Gasteiger partial charge in [-0.2, -0.15) is 0 Å². The van der Waals surface area contributed by atoms with Crippen molar-refractivity contribution in [3.8, 4) is 5.75 Å². The molecule has 0 radical (unpaired) electrons. The standard InChI is InChI=1S/C16H18N2O2/c1-20-13-8-6-12(7-9-13)15-5-3-11-18(15)16(19)14-4-2-10-17-14/h2,4,6-10,15,17H,3,5,11H2,1H3. The fraction of sp³-hybridized carbons (Fsp3) is 0.312. The van der Waals surface area contributed by atoms with E-state index in [-0.39, 0.29) is 11.9 Å². The van der Waals surface area contributed by atoms with Crippen molar-refractivity contribution in [1.29, 1.82) is 0 Å². The zero-order valence-electron chi connectivity index (χ0n) is 11.5. The molecule has 1 aliphatic heterocycles. The molecule has 104 valence electrons. The minimum atomic E-state index is 0.0771. The molecular formula is C16H18N2O2. The molecule has 1 saturated heterocycles. The lowest BCUT2D eigenvalue weighted by molar-refractivity contribution is 0.0730. The van der Waals surface area contributed by atoms with Crippen LogP contribution in [0.4, 0.5) is 0 Å². The molecule has 1 amide bonds. The van der Waals surface area contributed by atoms with Crippen LogP contribution >= 0.6 is 0 Å².